The second-order valence-corrected chi connectivity index (χ2v) is 6.72. The van der Waals surface area contributed by atoms with Gasteiger partial charge in [-0.25, -0.2) is 0 Å². The molecular weight excluding hydrogens is 334 g/mol. The van der Waals surface area contributed by atoms with Crippen molar-refractivity contribution in [2.24, 2.45) is 0 Å². The van der Waals surface area contributed by atoms with Crippen molar-refractivity contribution in [2.45, 2.75) is 25.0 Å². The molecule has 0 amide bonds. The lowest BCUT2D eigenvalue weighted by Crippen LogP contribution is -2.20. The van der Waals surface area contributed by atoms with E-state index in [-0.39, 0.29) is 24.1 Å². The maximum absolute atomic E-state index is 12.7. The van der Waals surface area contributed by atoms with Gasteiger partial charge in [0.25, 0.3) is 0 Å². The molecule has 0 N–H and O–H groups in total. The molecule has 136 valence electrons. The number of hydrogen-bond donors (Lipinski definition) is 0. The zero-order chi connectivity index (χ0) is 18.6. The summed E-state index contributed by atoms with van der Waals surface area (Å²) in [7, 11) is 0. The van der Waals surface area contributed by atoms with Crippen LogP contribution in [0.2, 0.25) is 0 Å². The molecule has 1 aliphatic rings. The van der Waals surface area contributed by atoms with E-state index in [1.807, 2.05) is 61.5 Å². The van der Waals surface area contributed by atoms with Gasteiger partial charge in [-0.1, -0.05) is 91.0 Å². The van der Waals surface area contributed by atoms with Gasteiger partial charge in [0.15, 0.2) is 0 Å². The van der Waals surface area contributed by atoms with Crippen LogP contribution in [-0.4, -0.2) is 23.5 Å². The average Bonchev–Trinajstić information content (AvgIpc) is 3.46. The number of carbonyl (C=O) groups excluding carboxylic acids is 1. The van der Waals surface area contributed by atoms with Crippen molar-refractivity contribution in [1.29, 1.82) is 0 Å². The molecule has 1 heterocycles. The molecule has 27 heavy (non-hydrogen) atoms. The highest BCUT2D eigenvalue weighted by Gasteiger charge is 2.57. The van der Waals surface area contributed by atoms with Crippen LogP contribution in [0.5, 0.6) is 0 Å². The predicted octanol–water partition coefficient (Wildman–Crippen LogP) is 4.76. The molecule has 1 aliphatic heterocycles. The largest absolute Gasteiger partial charge is 0.465 e. The highest BCUT2D eigenvalue weighted by Crippen LogP contribution is 2.52. The van der Waals surface area contributed by atoms with Crippen molar-refractivity contribution in [3.8, 4) is 0 Å². The number of nitrogens with zero attached hydrogens (tertiary/aromatic N) is 1. The first-order valence-corrected chi connectivity index (χ1v) is 9.40. The predicted molar refractivity (Wildman–Crippen MR) is 106 cm³/mol. The fourth-order valence-electron chi connectivity index (χ4n) is 3.86. The van der Waals surface area contributed by atoms with E-state index in [9.17, 15) is 4.79 Å². The molecule has 0 spiro atoms. The summed E-state index contributed by atoms with van der Waals surface area (Å²) in [6.07, 6.45) is 0. The van der Waals surface area contributed by atoms with Gasteiger partial charge in [-0.2, -0.15) is 0 Å². The fourth-order valence-corrected chi connectivity index (χ4v) is 3.86. The minimum Gasteiger partial charge on any atom is -0.465 e. The van der Waals surface area contributed by atoms with Crippen LogP contribution in [-0.2, 0) is 9.53 Å². The Balaban J connectivity index is 1.76. The van der Waals surface area contributed by atoms with E-state index in [1.165, 1.54) is 11.1 Å². The van der Waals surface area contributed by atoms with Gasteiger partial charge < -0.3 is 4.74 Å². The third-order valence-corrected chi connectivity index (χ3v) is 5.05. The smallest absolute Gasteiger partial charge is 0.325 e. The number of hydrogen-bond acceptors (Lipinski definition) is 3. The summed E-state index contributed by atoms with van der Waals surface area (Å²) in [5, 5.41) is 0. The van der Waals surface area contributed by atoms with Gasteiger partial charge in [-0.3, -0.25) is 9.69 Å². The molecule has 0 radical (unpaired) electrons. The first-order chi connectivity index (χ1) is 13.3. The Morgan fingerprint density at radius 2 is 1.33 bits per heavy atom. The second-order valence-electron chi connectivity index (χ2n) is 6.72. The molecule has 4 rings (SSSR count). The first-order valence-electron chi connectivity index (χ1n) is 9.40. The van der Waals surface area contributed by atoms with Crippen molar-refractivity contribution in [2.75, 3.05) is 6.61 Å². The van der Waals surface area contributed by atoms with Gasteiger partial charge in [-0.15, -0.1) is 0 Å². The summed E-state index contributed by atoms with van der Waals surface area (Å²) in [6, 6.07) is 30.7. The molecule has 0 saturated carbocycles. The Hall–Kier alpha value is -2.91. The van der Waals surface area contributed by atoms with Crippen molar-refractivity contribution < 1.29 is 9.53 Å². The molecule has 1 unspecified atom stereocenters. The fraction of sp³-hybridized carbons (Fsp3) is 0.208. The number of ether oxygens (including phenoxy) is 1. The van der Waals surface area contributed by atoms with Crippen LogP contribution in [0.1, 0.15) is 35.7 Å². The summed E-state index contributed by atoms with van der Waals surface area (Å²) in [6.45, 7) is 2.25. The molecule has 3 aromatic rings. The van der Waals surface area contributed by atoms with Crippen LogP contribution in [0.15, 0.2) is 91.0 Å². The molecule has 1 fully saturated rings. The molecule has 3 heteroatoms. The van der Waals surface area contributed by atoms with Gasteiger partial charge >= 0.3 is 5.97 Å². The molecule has 0 aliphatic carbocycles. The second kappa shape index (κ2) is 7.77. The molecule has 3 nitrogen and oxygen atoms in total. The standard InChI is InChI=1S/C24H23NO2/c1-2-27-24(26)23-22(20-16-10-5-11-17-20)25(23)21(18-12-6-3-7-13-18)19-14-8-4-9-15-19/h3-17,21-23H,2H2,1H3/t22-,23+,25?/m0/s1. The van der Waals surface area contributed by atoms with Crippen LogP contribution in [0.3, 0.4) is 0 Å². The Labute approximate surface area is 160 Å². The maximum Gasteiger partial charge on any atom is 0.325 e. The van der Waals surface area contributed by atoms with Gasteiger partial charge in [-0.05, 0) is 23.6 Å². The van der Waals surface area contributed by atoms with E-state index in [2.05, 4.69) is 41.3 Å². The maximum atomic E-state index is 12.7. The van der Waals surface area contributed by atoms with Gasteiger partial charge in [0.1, 0.15) is 6.04 Å². The number of esters is 1. The third-order valence-electron chi connectivity index (χ3n) is 5.05. The summed E-state index contributed by atoms with van der Waals surface area (Å²) in [4.78, 5) is 15.0. The van der Waals surface area contributed by atoms with Crippen LogP contribution < -0.4 is 0 Å². The van der Waals surface area contributed by atoms with E-state index in [0.29, 0.717) is 6.61 Å². The van der Waals surface area contributed by atoms with Gasteiger partial charge in [0.05, 0.1) is 18.7 Å². The molecular formula is C24H23NO2. The lowest BCUT2D eigenvalue weighted by atomic mass is 9.98. The first kappa shape index (κ1) is 17.5. The number of carbonyl (C=O) groups is 1. The average molecular weight is 357 g/mol. The van der Waals surface area contributed by atoms with Gasteiger partial charge in [0, 0.05) is 0 Å². The van der Waals surface area contributed by atoms with E-state index in [1.54, 1.807) is 0 Å². The minimum absolute atomic E-state index is 0.00649. The lowest BCUT2D eigenvalue weighted by molar-refractivity contribution is -0.143. The highest BCUT2D eigenvalue weighted by atomic mass is 16.5. The Kier molecular flexibility index (Phi) is 5.03. The SMILES string of the molecule is CCOC(=O)[C@H]1[C@H](c2ccccc2)N1C(c1ccccc1)c1ccccc1. The van der Waals surface area contributed by atoms with E-state index in [4.69, 9.17) is 4.74 Å². The van der Waals surface area contributed by atoms with Crippen LogP contribution in [0.4, 0.5) is 0 Å². The zero-order valence-electron chi connectivity index (χ0n) is 15.4. The van der Waals surface area contributed by atoms with Crippen LogP contribution in [0, 0.1) is 0 Å². The number of rotatable bonds is 6. The molecule has 0 aromatic heterocycles. The normalized spacial score (nSPS) is 21.0. The Morgan fingerprint density at radius 3 is 1.81 bits per heavy atom. The Morgan fingerprint density at radius 1 is 0.852 bits per heavy atom. The Bertz CT molecular complexity index is 841. The molecule has 3 aromatic carbocycles. The van der Waals surface area contributed by atoms with Gasteiger partial charge in [0.2, 0.25) is 0 Å². The quantitative estimate of drug-likeness (QED) is 0.470. The van der Waals surface area contributed by atoms with Crippen molar-refractivity contribution in [3.63, 3.8) is 0 Å². The minimum atomic E-state index is -0.266. The zero-order valence-corrected chi connectivity index (χ0v) is 15.4. The summed E-state index contributed by atoms with van der Waals surface area (Å²) >= 11 is 0. The monoisotopic (exact) mass is 357 g/mol. The van der Waals surface area contributed by atoms with E-state index < -0.39 is 0 Å². The van der Waals surface area contributed by atoms with E-state index >= 15 is 0 Å². The molecule has 0 bridgehead atoms. The summed E-state index contributed by atoms with van der Waals surface area (Å²) in [5.74, 6) is -0.150. The third kappa shape index (κ3) is 3.51. The van der Waals surface area contributed by atoms with Crippen LogP contribution in [0.25, 0.3) is 0 Å². The summed E-state index contributed by atoms with van der Waals surface area (Å²) in [5.41, 5.74) is 3.50. The molecule has 3 atom stereocenters. The van der Waals surface area contributed by atoms with Crippen molar-refractivity contribution in [1.82, 2.24) is 4.90 Å². The van der Waals surface area contributed by atoms with Crippen LogP contribution >= 0.6 is 0 Å². The summed E-state index contributed by atoms with van der Waals surface area (Å²) < 4.78 is 5.39. The van der Waals surface area contributed by atoms with Crippen molar-refractivity contribution in [3.05, 3.63) is 108 Å². The lowest BCUT2D eigenvalue weighted by Gasteiger charge is -2.21. The van der Waals surface area contributed by atoms with E-state index in [0.717, 1.165) is 5.56 Å². The highest BCUT2D eigenvalue weighted by molar-refractivity contribution is 5.81. The number of benzene rings is 3. The van der Waals surface area contributed by atoms with Crippen molar-refractivity contribution >= 4 is 5.97 Å². The topological polar surface area (TPSA) is 29.3 Å². The molecule has 1 saturated heterocycles.